The summed E-state index contributed by atoms with van der Waals surface area (Å²) in [6.45, 7) is 4.72. The molecule has 0 aliphatic carbocycles. The molecule has 0 radical (unpaired) electrons. The summed E-state index contributed by atoms with van der Waals surface area (Å²) in [6.07, 6.45) is 0. The van der Waals surface area contributed by atoms with Crippen LogP contribution in [0.15, 0.2) is 48.5 Å². The molecule has 1 amide bonds. The van der Waals surface area contributed by atoms with Crippen molar-refractivity contribution in [1.82, 2.24) is 0 Å². The molecule has 0 atom stereocenters. The Morgan fingerprint density at radius 3 is 2.55 bits per heavy atom. The van der Waals surface area contributed by atoms with Crippen molar-refractivity contribution in [1.29, 1.82) is 0 Å². The molecule has 0 heterocycles. The predicted octanol–water partition coefficient (Wildman–Crippen LogP) is 3.29. The Balaban J connectivity index is 1.88. The molecule has 116 valence electrons. The number of amides is 1. The lowest BCUT2D eigenvalue weighted by Crippen LogP contribution is -2.20. The summed E-state index contributed by atoms with van der Waals surface area (Å²) < 4.78 is 5.54. The summed E-state index contributed by atoms with van der Waals surface area (Å²) in [5.41, 5.74) is 8.49. The number of ether oxygens (including phenoxy) is 1. The van der Waals surface area contributed by atoms with Gasteiger partial charge in [0.1, 0.15) is 5.75 Å². The summed E-state index contributed by atoms with van der Waals surface area (Å²) in [4.78, 5) is 11.9. The maximum absolute atomic E-state index is 11.9. The topological polar surface area (TPSA) is 64.3 Å². The van der Waals surface area contributed by atoms with Gasteiger partial charge in [-0.25, -0.2) is 0 Å². The Bertz CT molecular complexity index is 621. The average molecular weight is 298 g/mol. The van der Waals surface area contributed by atoms with E-state index in [1.165, 1.54) is 5.56 Å². The van der Waals surface area contributed by atoms with Crippen molar-refractivity contribution in [3.63, 3.8) is 0 Å². The summed E-state index contributed by atoms with van der Waals surface area (Å²) in [7, 11) is 0. The Morgan fingerprint density at radius 2 is 1.91 bits per heavy atom. The van der Waals surface area contributed by atoms with Gasteiger partial charge in [0.05, 0.1) is 0 Å². The lowest BCUT2D eigenvalue weighted by atomic mass is 10.0. The van der Waals surface area contributed by atoms with Gasteiger partial charge in [0.2, 0.25) is 0 Å². The zero-order valence-electron chi connectivity index (χ0n) is 13.0. The van der Waals surface area contributed by atoms with E-state index in [1.807, 2.05) is 42.5 Å². The maximum Gasteiger partial charge on any atom is 0.262 e. The van der Waals surface area contributed by atoms with Crippen LogP contribution in [0.4, 0.5) is 5.69 Å². The minimum Gasteiger partial charge on any atom is -0.484 e. The van der Waals surface area contributed by atoms with E-state index in [4.69, 9.17) is 10.5 Å². The monoisotopic (exact) mass is 298 g/mol. The molecule has 3 N–H and O–H groups in total. The summed E-state index contributed by atoms with van der Waals surface area (Å²) in [6, 6.07) is 15.3. The van der Waals surface area contributed by atoms with Gasteiger partial charge in [-0.1, -0.05) is 38.1 Å². The number of nitrogens with one attached hydrogen (secondary N) is 1. The van der Waals surface area contributed by atoms with Gasteiger partial charge in [0.25, 0.3) is 5.91 Å². The van der Waals surface area contributed by atoms with Crippen LogP contribution in [-0.4, -0.2) is 12.5 Å². The fourth-order valence-corrected chi connectivity index (χ4v) is 2.03. The predicted molar refractivity (Wildman–Crippen MR) is 89.0 cm³/mol. The van der Waals surface area contributed by atoms with E-state index in [-0.39, 0.29) is 12.5 Å². The number of rotatable bonds is 6. The molecule has 0 unspecified atom stereocenters. The second kappa shape index (κ2) is 7.61. The van der Waals surface area contributed by atoms with E-state index in [1.54, 1.807) is 0 Å². The molecule has 0 aromatic heterocycles. The van der Waals surface area contributed by atoms with Gasteiger partial charge in [0, 0.05) is 12.2 Å². The largest absolute Gasteiger partial charge is 0.484 e. The first-order valence-electron chi connectivity index (χ1n) is 7.40. The molecular formula is C18H22N2O2. The van der Waals surface area contributed by atoms with E-state index >= 15 is 0 Å². The fourth-order valence-electron chi connectivity index (χ4n) is 2.03. The first-order valence-corrected chi connectivity index (χ1v) is 7.40. The molecule has 0 aliphatic heterocycles. The maximum atomic E-state index is 11.9. The van der Waals surface area contributed by atoms with Crippen LogP contribution in [0.1, 0.15) is 30.9 Å². The van der Waals surface area contributed by atoms with Gasteiger partial charge in [0.15, 0.2) is 6.61 Å². The third kappa shape index (κ3) is 4.60. The lowest BCUT2D eigenvalue weighted by Gasteiger charge is -2.10. The number of hydrogen-bond donors (Lipinski definition) is 2. The van der Waals surface area contributed by atoms with Gasteiger partial charge in [-0.3, -0.25) is 4.79 Å². The van der Waals surface area contributed by atoms with E-state index < -0.39 is 0 Å². The Hall–Kier alpha value is -2.33. The number of hydrogen-bond acceptors (Lipinski definition) is 3. The lowest BCUT2D eigenvalue weighted by molar-refractivity contribution is -0.118. The third-order valence-electron chi connectivity index (χ3n) is 3.37. The van der Waals surface area contributed by atoms with Crippen LogP contribution in [0, 0.1) is 0 Å². The molecule has 4 heteroatoms. The molecule has 0 spiro atoms. The first-order chi connectivity index (χ1) is 10.6. The van der Waals surface area contributed by atoms with Crippen LogP contribution >= 0.6 is 0 Å². The molecule has 2 aromatic carbocycles. The summed E-state index contributed by atoms with van der Waals surface area (Å²) in [5.74, 6) is 0.953. The molecule has 0 aliphatic rings. The van der Waals surface area contributed by atoms with E-state index in [0.717, 1.165) is 11.3 Å². The normalized spacial score (nSPS) is 10.5. The highest BCUT2D eigenvalue weighted by Crippen LogP contribution is 2.20. The number of carbonyl (C=O) groups excluding carboxylic acids is 1. The second-order valence-electron chi connectivity index (χ2n) is 5.47. The van der Waals surface area contributed by atoms with Gasteiger partial charge in [-0.15, -0.1) is 0 Å². The standard InChI is InChI=1S/C18H22N2O2/c1-13(2)15-4-3-5-17(10-15)22-12-18(21)20-16-8-6-14(11-19)7-9-16/h3-10,13H,11-12,19H2,1-2H3,(H,20,21). The van der Waals surface area contributed by atoms with Crippen molar-refractivity contribution in [2.45, 2.75) is 26.3 Å². The van der Waals surface area contributed by atoms with Crippen molar-refractivity contribution in [2.24, 2.45) is 5.73 Å². The Kier molecular flexibility index (Phi) is 5.55. The number of anilines is 1. The number of benzene rings is 2. The highest BCUT2D eigenvalue weighted by atomic mass is 16.5. The SMILES string of the molecule is CC(C)c1cccc(OCC(=O)Nc2ccc(CN)cc2)c1. The smallest absolute Gasteiger partial charge is 0.262 e. The second-order valence-corrected chi connectivity index (χ2v) is 5.47. The van der Waals surface area contributed by atoms with Crippen LogP contribution in [-0.2, 0) is 11.3 Å². The minimum atomic E-state index is -0.185. The van der Waals surface area contributed by atoms with Crippen molar-refractivity contribution in [2.75, 3.05) is 11.9 Å². The van der Waals surface area contributed by atoms with E-state index in [0.29, 0.717) is 18.2 Å². The van der Waals surface area contributed by atoms with Gasteiger partial charge >= 0.3 is 0 Å². The quantitative estimate of drug-likeness (QED) is 0.860. The van der Waals surface area contributed by atoms with Crippen molar-refractivity contribution >= 4 is 11.6 Å². The van der Waals surface area contributed by atoms with E-state index in [9.17, 15) is 4.79 Å². The molecule has 22 heavy (non-hydrogen) atoms. The molecule has 2 aromatic rings. The molecule has 2 rings (SSSR count). The van der Waals surface area contributed by atoms with Crippen molar-refractivity contribution < 1.29 is 9.53 Å². The van der Waals surface area contributed by atoms with Crippen LogP contribution in [0.5, 0.6) is 5.75 Å². The average Bonchev–Trinajstić information content (AvgIpc) is 2.54. The van der Waals surface area contributed by atoms with Crippen molar-refractivity contribution in [3.8, 4) is 5.75 Å². The van der Waals surface area contributed by atoms with Gasteiger partial charge < -0.3 is 15.8 Å². The van der Waals surface area contributed by atoms with Crippen LogP contribution in [0.2, 0.25) is 0 Å². The summed E-state index contributed by atoms with van der Waals surface area (Å²) in [5, 5.41) is 2.80. The number of nitrogens with two attached hydrogens (primary N) is 1. The molecule has 0 saturated heterocycles. The zero-order valence-corrected chi connectivity index (χ0v) is 13.0. The Labute approximate surface area is 131 Å². The van der Waals surface area contributed by atoms with E-state index in [2.05, 4.69) is 25.2 Å². The molecule has 0 bridgehead atoms. The molecule has 4 nitrogen and oxygen atoms in total. The Morgan fingerprint density at radius 1 is 1.18 bits per heavy atom. The van der Waals surface area contributed by atoms with Crippen LogP contribution < -0.4 is 15.8 Å². The fraction of sp³-hybridized carbons (Fsp3) is 0.278. The minimum absolute atomic E-state index is 0.0137. The number of carbonyl (C=O) groups is 1. The molecular weight excluding hydrogens is 276 g/mol. The zero-order chi connectivity index (χ0) is 15.9. The third-order valence-corrected chi connectivity index (χ3v) is 3.37. The highest BCUT2D eigenvalue weighted by Gasteiger charge is 2.05. The molecule has 0 fully saturated rings. The van der Waals surface area contributed by atoms with Crippen molar-refractivity contribution in [3.05, 3.63) is 59.7 Å². The van der Waals surface area contributed by atoms with Crippen LogP contribution in [0.3, 0.4) is 0 Å². The summed E-state index contributed by atoms with van der Waals surface area (Å²) >= 11 is 0. The first kappa shape index (κ1) is 16.0. The van der Waals surface area contributed by atoms with Crippen LogP contribution in [0.25, 0.3) is 0 Å². The molecule has 0 saturated carbocycles. The highest BCUT2D eigenvalue weighted by molar-refractivity contribution is 5.91. The van der Waals surface area contributed by atoms with Gasteiger partial charge in [-0.2, -0.15) is 0 Å². The van der Waals surface area contributed by atoms with Gasteiger partial charge in [-0.05, 0) is 41.3 Å².